The van der Waals surface area contributed by atoms with E-state index in [0.29, 0.717) is 27.2 Å². The van der Waals surface area contributed by atoms with E-state index in [0.717, 1.165) is 6.20 Å². The summed E-state index contributed by atoms with van der Waals surface area (Å²) >= 11 is 23.6. The van der Waals surface area contributed by atoms with Crippen molar-refractivity contribution >= 4 is 86.8 Å². The minimum absolute atomic E-state index is 0.131. The van der Waals surface area contributed by atoms with Crippen LogP contribution in [0.15, 0.2) is 60.8 Å². The maximum atomic E-state index is 13.5. The molecule has 38 heavy (non-hydrogen) atoms. The molecule has 0 bridgehead atoms. The number of rotatable bonds is 9. The maximum Gasteiger partial charge on any atom is 0.287 e. The molecule has 2 heterocycles. The lowest BCUT2D eigenvalue weighted by atomic mass is 10.1. The van der Waals surface area contributed by atoms with Crippen molar-refractivity contribution in [3.8, 4) is 0 Å². The van der Waals surface area contributed by atoms with Gasteiger partial charge < -0.3 is 15.5 Å². The lowest BCUT2D eigenvalue weighted by Crippen LogP contribution is -2.40. The molecule has 0 aliphatic carbocycles. The SMILES string of the molecule is O=C(C[C@@H]1C(=O)N(c2ccc(Cl)cc2)C(=S)N1CCNc1ccc([N+](=O)[O-])cn1)Nc1ccc(Cl)c(Cl)c1. The van der Waals surface area contributed by atoms with E-state index in [9.17, 15) is 19.7 Å². The highest BCUT2D eigenvalue weighted by Crippen LogP contribution is 2.29. The summed E-state index contributed by atoms with van der Waals surface area (Å²) in [7, 11) is 0. The molecule has 0 radical (unpaired) electrons. The Labute approximate surface area is 237 Å². The van der Waals surface area contributed by atoms with E-state index in [4.69, 9.17) is 47.0 Å². The number of thiocarbonyl (C=S) groups is 1. The number of anilines is 3. The number of benzene rings is 2. The molecule has 1 aliphatic heterocycles. The summed E-state index contributed by atoms with van der Waals surface area (Å²) < 4.78 is 0. The van der Waals surface area contributed by atoms with Crippen LogP contribution < -0.4 is 15.5 Å². The van der Waals surface area contributed by atoms with Crippen molar-refractivity contribution in [2.45, 2.75) is 12.5 Å². The molecule has 3 aromatic rings. The third-order valence-electron chi connectivity index (χ3n) is 5.60. The van der Waals surface area contributed by atoms with Gasteiger partial charge in [-0.2, -0.15) is 0 Å². The molecule has 1 aliphatic rings. The van der Waals surface area contributed by atoms with Crippen molar-refractivity contribution in [3.05, 3.63) is 86.0 Å². The van der Waals surface area contributed by atoms with Crippen LogP contribution in [0.5, 0.6) is 0 Å². The van der Waals surface area contributed by atoms with E-state index in [-0.39, 0.29) is 41.2 Å². The topological polar surface area (TPSA) is 121 Å². The Morgan fingerprint density at radius 3 is 2.45 bits per heavy atom. The number of amides is 2. The number of nitrogens with one attached hydrogen (secondary N) is 2. The molecule has 2 aromatic carbocycles. The minimum Gasteiger partial charge on any atom is -0.368 e. The van der Waals surface area contributed by atoms with Gasteiger partial charge in [-0.25, -0.2) is 4.98 Å². The van der Waals surface area contributed by atoms with E-state index in [1.807, 2.05) is 0 Å². The van der Waals surface area contributed by atoms with Gasteiger partial charge in [0.15, 0.2) is 5.11 Å². The van der Waals surface area contributed by atoms with Gasteiger partial charge in [-0.15, -0.1) is 0 Å². The second-order valence-corrected chi connectivity index (χ2v) is 9.72. The summed E-state index contributed by atoms with van der Waals surface area (Å²) in [5.41, 5.74) is 0.824. The molecule has 0 spiro atoms. The van der Waals surface area contributed by atoms with Crippen molar-refractivity contribution in [1.82, 2.24) is 9.88 Å². The van der Waals surface area contributed by atoms with Crippen molar-refractivity contribution in [1.29, 1.82) is 0 Å². The van der Waals surface area contributed by atoms with Gasteiger partial charge >= 0.3 is 0 Å². The molecule has 0 unspecified atom stereocenters. The fourth-order valence-electron chi connectivity index (χ4n) is 3.78. The number of halogens is 3. The van der Waals surface area contributed by atoms with E-state index >= 15 is 0 Å². The molecule has 14 heteroatoms. The zero-order chi connectivity index (χ0) is 27.4. The second kappa shape index (κ2) is 11.9. The Morgan fingerprint density at radius 2 is 1.82 bits per heavy atom. The van der Waals surface area contributed by atoms with Gasteiger partial charge in [0.05, 0.1) is 27.1 Å². The number of nitro groups is 1. The molecule has 0 saturated carbocycles. The average Bonchev–Trinajstić information content (AvgIpc) is 3.11. The predicted octanol–water partition coefficient (Wildman–Crippen LogP) is 5.39. The summed E-state index contributed by atoms with van der Waals surface area (Å²) in [6, 6.07) is 13.2. The highest BCUT2D eigenvalue weighted by atomic mass is 35.5. The normalized spacial score (nSPS) is 15.1. The van der Waals surface area contributed by atoms with Crippen LogP contribution in [0.1, 0.15) is 6.42 Å². The Kier molecular flexibility index (Phi) is 8.62. The first-order chi connectivity index (χ1) is 18.1. The molecule has 10 nitrogen and oxygen atoms in total. The number of pyridine rings is 1. The fraction of sp³-hybridized carbons (Fsp3) is 0.167. The van der Waals surface area contributed by atoms with Crippen LogP contribution in [0.25, 0.3) is 0 Å². The van der Waals surface area contributed by atoms with Crippen LogP contribution >= 0.6 is 47.0 Å². The lowest BCUT2D eigenvalue weighted by Gasteiger charge is -2.24. The van der Waals surface area contributed by atoms with Gasteiger partial charge in [0.1, 0.15) is 18.1 Å². The maximum absolute atomic E-state index is 13.5. The van der Waals surface area contributed by atoms with Gasteiger partial charge in [0, 0.05) is 29.9 Å². The third kappa shape index (κ3) is 6.30. The number of aromatic nitrogens is 1. The van der Waals surface area contributed by atoms with E-state index in [2.05, 4.69) is 15.6 Å². The van der Waals surface area contributed by atoms with Crippen molar-refractivity contribution in [2.75, 3.05) is 28.6 Å². The van der Waals surface area contributed by atoms with Crippen molar-refractivity contribution < 1.29 is 14.5 Å². The molecule has 196 valence electrons. The summed E-state index contributed by atoms with van der Waals surface area (Å²) in [6.07, 6.45) is 0.962. The van der Waals surface area contributed by atoms with Crippen LogP contribution in [0.4, 0.5) is 22.9 Å². The Bertz CT molecular complexity index is 1390. The molecule has 4 rings (SSSR count). The van der Waals surface area contributed by atoms with E-state index in [1.54, 1.807) is 41.3 Å². The van der Waals surface area contributed by atoms with E-state index < -0.39 is 16.9 Å². The number of carbonyl (C=O) groups is 2. The van der Waals surface area contributed by atoms with Crippen molar-refractivity contribution in [3.63, 3.8) is 0 Å². The van der Waals surface area contributed by atoms with Gasteiger partial charge in [-0.05, 0) is 60.7 Å². The predicted molar refractivity (Wildman–Crippen MR) is 151 cm³/mol. The lowest BCUT2D eigenvalue weighted by molar-refractivity contribution is -0.385. The van der Waals surface area contributed by atoms with E-state index in [1.165, 1.54) is 23.1 Å². The molecule has 1 aromatic heterocycles. The highest BCUT2D eigenvalue weighted by Gasteiger charge is 2.43. The molecule has 2 N–H and O–H groups in total. The van der Waals surface area contributed by atoms with Gasteiger partial charge in [0.25, 0.3) is 11.6 Å². The molecular formula is C24H19Cl3N6O4S. The first-order valence-corrected chi connectivity index (χ1v) is 12.7. The summed E-state index contributed by atoms with van der Waals surface area (Å²) in [6.45, 7) is 0.537. The minimum atomic E-state index is -0.882. The largest absolute Gasteiger partial charge is 0.368 e. The molecule has 1 fully saturated rings. The summed E-state index contributed by atoms with van der Waals surface area (Å²) in [5.74, 6) is -0.372. The number of carbonyl (C=O) groups excluding carboxylic acids is 2. The Morgan fingerprint density at radius 1 is 1.08 bits per heavy atom. The smallest absolute Gasteiger partial charge is 0.287 e. The van der Waals surface area contributed by atoms with Gasteiger partial charge in [-0.3, -0.25) is 24.6 Å². The van der Waals surface area contributed by atoms with Gasteiger partial charge in [-0.1, -0.05) is 34.8 Å². The molecule has 2 amide bonds. The highest BCUT2D eigenvalue weighted by molar-refractivity contribution is 7.80. The standard InChI is InChI=1S/C24H19Cl3N6O4S/c25-14-1-4-16(5-2-14)32-23(35)20(12-22(34)30-15-3-7-18(26)19(27)11-15)31(24(32)38)10-9-28-21-8-6-17(13-29-21)33(36)37/h1-8,11,13,20H,9-10,12H2,(H,28,29)(H,30,34)/t20-/m1/s1. The van der Waals surface area contributed by atoms with Crippen molar-refractivity contribution in [2.24, 2.45) is 0 Å². The first-order valence-electron chi connectivity index (χ1n) is 11.1. The molecule has 1 atom stereocenters. The second-order valence-electron chi connectivity index (χ2n) is 8.11. The van der Waals surface area contributed by atoms with Crippen LogP contribution in [-0.4, -0.2) is 50.9 Å². The van der Waals surface area contributed by atoms with Gasteiger partial charge in [0.2, 0.25) is 5.91 Å². The Balaban J connectivity index is 1.50. The first kappa shape index (κ1) is 27.5. The summed E-state index contributed by atoms with van der Waals surface area (Å²) in [5, 5.41) is 18.0. The molecular weight excluding hydrogens is 575 g/mol. The number of hydrogen-bond acceptors (Lipinski definition) is 7. The average molecular weight is 594 g/mol. The zero-order valence-electron chi connectivity index (χ0n) is 19.4. The summed E-state index contributed by atoms with van der Waals surface area (Å²) in [4.78, 5) is 43.7. The number of nitrogens with zero attached hydrogens (tertiary/aromatic N) is 4. The van der Waals surface area contributed by atoms with Crippen LogP contribution in [-0.2, 0) is 9.59 Å². The van der Waals surface area contributed by atoms with Crippen LogP contribution in [0.2, 0.25) is 15.1 Å². The van der Waals surface area contributed by atoms with Crippen LogP contribution in [0, 0.1) is 10.1 Å². The van der Waals surface area contributed by atoms with Crippen LogP contribution in [0.3, 0.4) is 0 Å². The monoisotopic (exact) mass is 592 g/mol. The molecule has 1 saturated heterocycles. The Hall–Kier alpha value is -3.51. The quantitative estimate of drug-likeness (QED) is 0.192. The fourth-order valence-corrected chi connectivity index (χ4v) is 4.62. The number of hydrogen-bond donors (Lipinski definition) is 2. The third-order valence-corrected chi connectivity index (χ3v) is 7.01. The zero-order valence-corrected chi connectivity index (χ0v) is 22.5.